The number of methoxy groups -OCH3 is 1. The molecule has 2 amide bonds. The van der Waals surface area contributed by atoms with Gasteiger partial charge in [-0.2, -0.15) is 0 Å². The molecule has 0 aliphatic heterocycles. The first-order valence-electron chi connectivity index (χ1n) is 9.66. The highest BCUT2D eigenvalue weighted by molar-refractivity contribution is 6.32. The quantitative estimate of drug-likeness (QED) is 0.511. The number of carboxylic acid groups (broad SMARTS) is 1. The third-order valence-electron chi connectivity index (χ3n) is 4.36. The molecule has 7 nitrogen and oxygen atoms in total. The van der Waals surface area contributed by atoms with Crippen molar-refractivity contribution in [1.82, 2.24) is 10.6 Å². The number of hydrogen-bond acceptors (Lipinski definition) is 4. The standard InChI is InChI=1S/C23H25ClN2O5/c1-14(2)12-20(23(29)30)26-22(28)19(13-16-6-4-5-7-18(16)24)25-21(27)15-8-10-17(31-3)11-9-15/h4-11,13-14,20H,12H2,1-3H3,(H,25,27)(H,26,28)(H,29,30)/b19-13+/t20-/m1/s1. The molecule has 0 spiro atoms. The molecule has 0 aliphatic rings. The van der Waals surface area contributed by atoms with E-state index in [2.05, 4.69) is 10.6 Å². The zero-order valence-corrected chi connectivity index (χ0v) is 18.3. The van der Waals surface area contributed by atoms with E-state index in [-0.39, 0.29) is 18.0 Å². The van der Waals surface area contributed by atoms with Crippen LogP contribution in [0.5, 0.6) is 5.75 Å². The van der Waals surface area contributed by atoms with Crippen molar-refractivity contribution in [2.75, 3.05) is 7.11 Å². The third-order valence-corrected chi connectivity index (χ3v) is 4.70. The Morgan fingerprint density at radius 1 is 1.10 bits per heavy atom. The average Bonchev–Trinajstić information content (AvgIpc) is 2.73. The number of benzene rings is 2. The van der Waals surface area contributed by atoms with E-state index in [1.165, 1.54) is 13.2 Å². The average molecular weight is 445 g/mol. The number of carboxylic acids is 1. The molecule has 0 saturated heterocycles. The number of ether oxygens (including phenoxy) is 1. The Morgan fingerprint density at radius 3 is 2.29 bits per heavy atom. The van der Waals surface area contributed by atoms with Gasteiger partial charge in [0.15, 0.2) is 0 Å². The molecule has 31 heavy (non-hydrogen) atoms. The lowest BCUT2D eigenvalue weighted by atomic mass is 10.0. The Kier molecular flexibility index (Phi) is 8.63. The molecular formula is C23H25ClN2O5. The van der Waals surface area contributed by atoms with Gasteiger partial charge in [-0.1, -0.05) is 43.6 Å². The Morgan fingerprint density at radius 2 is 1.74 bits per heavy atom. The van der Waals surface area contributed by atoms with Crippen LogP contribution in [0, 0.1) is 5.92 Å². The van der Waals surface area contributed by atoms with E-state index in [0.29, 0.717) is 21.9 Å². The van der Waals surface area contributed by atoms with E-state index < -0.39 is 23.8 Å². The molecule has 0 bridgehead atoms. The highest BCUT2D eigenvalue weighted by atomic mass is 35.5. The van der Waals surface area contributed by atoms with Gasteiger partial charge in [0, 0.05) is 10.6 Å². The maximum atomic E-state index is 12.9. The summed E-state index contributed by atoms with van der Waals surface area (Å²) in [5.74, 6) is -1.78. The Hall–Kier alpha value is -3.32. The molecular weight excluding hydrogens is 420 g/mol. The maximum absolute atomic E-state index is 12.9. The molecule has 0 heterocycles. The van der Waals surface area contributed by atoms with Gasteiger partial charge in [-0.3, -0.25) is 9.59 Å². The van der Waals surface area contributed by atoms with Crippen LogP contribution in [0.15, 0.2) is 54.2 Å². The SMILES string of the molecule is COc1ccc(C(=O)N/C(=C/c2ccccc2Cl)C(=O)N[C@H](CC(C)C)C(=O)O)cc1. The Labute approximate surface area is 186 Å². The third kappa shape index (κ3) is 7.15. The molecule has 8 heteroatoms. The minimum absolute atomic E-state index is 0.0475. The highest BCUT2D eigenvalue weighted by Crippen LogP contribution is 2.18. The lowest BCUT2D eigenvalue weighted by molar-refractivity contribution is -0.141. The van der Waals surface area contributed by atoms with Crippen molar-refractivity contribution in [2.24, 2.45) is 5.92 Å². The van der Waals surface area contributed by atoms with Gasteiger partial charge in [-0.05, 0) is 54.3 Å². The van der Waals surface area contributed by atoms with Crippen molar-refractivity contribution in [3.05, 3.63) is 70.4 Å². The van der Waals surface area contributed by atoms with E-state index in [4.69, 9.17) is 16.3 Å². The number of carbonyl (C=O) groups excluding carboxylic acids is 2. The zero-order chi connectivity index (χ0) is 23.0. The zero-order valence-electron chi connectivity index (χ0n) is 17.5. The number of hydrogen-bond donors (Lipinski definition) is 3. The summed E-state index contributed by atoms with van der Waals surface area (Å²) in [4.78, 5) is 37.2. The topological polar surface area (TPSA) is 105 Å². The number of carbonyl (C=O) groups is 3. The van der Waals surface area contributed by atoms with Crippen LogP contribution in [0.25, 0.3) is 6.08 Å². The summed E-state index contributed by atoms with van der Waals surface area (Å²) >= 11 is 6.19. The van der Waals surface area contributed by atoms with Gasteiger partial charge in [-0.25, -0.2) is 4.79 Å². The van der Waals surface area contributed by atoms with Crippen LogP contribution in [0.4, 0.5) is 0 Å². The summed E-state index contributed by atoms with van der Waals surface area (Å²) in [6, 6.07) is 12.0. The van der Waals surface area contributed by atoms with Crippen molar-refractivity contribution in [3.63, 3.8) is 0 Å². The highest BCUT2D eigenvalue weighted by Gasteiger charge is 2.24. The second kappa shape index (κ2) is 11.2. The fraction of sp³-hybridized carbons (Fsp3) is 0.261. The van der Waals surface area contributed by atoms with Crippen LogP contribution < -0.4 is 15.4 Å². The van der Waals surface area contributed by atoms with E-state index in [0.717, 1.165) is 0 Å². The van der Waals surface area contributed by atoms with Gasteiger partial charge >= 0.3 is 5.97 Å². The van der Waals surface area contributed by atoms with Crippen molar-refractivity contribution < 1.29 is 24.2 Å². The minimum atomic E-state index is -1.15. The summed E-state index contributed by atoms with van der Waals surface area (Å²) in [6.45, 7) is 3.71. The van der Waals surface area contributed by atoms with Crippen LogP contribution in [-0.4, -0.2) is 36.0 Å². The van der Waals surface area contributed by atoms with Crippen molar-refractivity contribution >= 4 is 35.5 Å². The predicted molar refractivity (Wildman–Crippen MR) is 119 cm³/mol. The van der Waals surface area contributed by atoms with Gasteiger partial charge in [0.05, 0.1) is 7.11 Å². The molecule has 2 rings (SSSR count). The largest absolute Gasteiger partial charge is 0.497 e. The first kappa shape index (κ1) is 24.0. The van der Waals surface area contributed by atoms with Crippen molar-refractivity contribution in [3.8, 4) is 5.75 Å². The van der Waals surface area contributed by atoms with Crippen molar-refractivity contribution in [2.45, 2.75) is 26.3 Å². The Bertz CT molecular complexity index is 970. The molecule has 0 saturated carbocycles. The van der Waals surface area contributed by atoms with Crippen LogP contribution in [0.2, 0.25) is 5.02 Å². The molecule has 0 radical (unpaired) electrons. The maximum Gasteiger partial charge on any atom is 0.326 e. The number of nitrogens with one attached hydrogen (secondary N) is 2. The molecule has 2 aromatic rings. The van der Waals surface area contributed by atoms with Gasteiger partial charge in [-0.15, -0.1) is 0 Å². The summed E-state index contributed by atoms with van der Waals surface area (Å²) in [6.07, 6.45) is 1.65. The minimum Gasteiger partial charge on any atom is -0.497 e. The lowest BCUT2D eigenvalue weighted by Gasteiger charge is -2.18. The number of rotatable bonds is 9. The number of halogens is 1. The normalized spacial score (nSPS) is 12.2. The van der Waals surface area contributed by atoms with Crippen LogP contribution in [0.3, 0.4) is 0 Å². The van der Waals surface area contributed by atoms with Gasteiger partial charge in [0.25, 0.3) is 11.8 Å². The number of amides is 2. The number of aliphatic carboxylic acids is 1. The Balaban J connectivity index is 2.33. The van der Waals surface area contributed by atoms with Gasteiger partial charge in [0.1, 0.15) is 17.5 Å². The molecule has 0 unspecified atom stereocenters. The molecule has 0 fully saturated rings. The smallest absolute Gasteiger partial charge is 0.326 e. The summed E-state index contributed by atoms with van der Waals surface area (Å²) in [7, 11) is 1.51. The first-order valence-corrected chi connectivity index (χ1v) is 10.0. The van der Waals surface area contributed by atoms with E-state index in [1.54, 1.807) is 48.5 Å². The molecule has 0 aromatic heterocycles. The monoisotopic (exact) mass is 444 g/mol. The molecule has 1 atom stereocenters. The fourth-order valence-electron chi connectivity index (χ4n) is 2.77. The van der Waals surface area contributed by atoms with Crippen LogP contribution >= 0.6 is 11.6 Å². The summed E-state index contributed by atoms with van der Waals surface area (Å²) in [5, 5.41) is 14.9. The van der Waals surface area contributed by atoms with Gasteiger partial charge < -0.3 is 20.5 Å². The van der Waals surface area contributed by atoms with Crippen LogP contribution in [0.1, 0.15) is 36.2 Å². The molecule has 164 valence electrons. The molecule has 2 aromatic carbocycles. The second-order valence-corrected chi connectivity index (χ2v) is 7.66. The predicted octanol–water partition coefficient (Wildman–Crippen LogP) is 3.74. The first-order chi connectivity index (χ1) is 14.7. The molecule has 3 N–H and O–H groups in total. The van der Waals surface area contributed by atoms with E-state index in [1.807, 2.05) is 13.8 Å². The fourth-order valence-corrected chi connectivity index (χ4v) is 2.96. The van der Waals surface area contributed by atoms with Crippen LogP contribution in [-0.2, 0) is 9.59 Å². The van der Waals surface area contributed by atoms with Gasteiger partial charge in [0.2, 0.25) is 0 Å². The summed E-state index contributed by atoms with van der Waals surface area (Å²) in [5.41, 5.74) is 0.680. The van der Waals surface area contributed by atoms with E-state index >= 15 is 0 Å². The lowest BCUT2D eigenvalue weighted by Crippen LogP contribution is -2.45. The van der Waals surface area contributed by atoms with E-state index in [9.17, 15) is 19.5 Å². The molecule has 0 aliphatic carbocycles. The summed E-state index contributed by atoms with van der Waals surface area (Å²) < 4.78 is 5.08. The van der Waals surface area contributed by atoms with Crippen molar-refractivity contribution in [1.29, 1.82) is 0 Å². The second-order valence-electron chi connectivity index (χ2n) is 7.26.